The van der Waals surface area contributed by atoms with Crippen LogP contribution in [0.1, 0.15) is 6.92 Å². The summed E-state index contributed by atoms with van der Waals surface area (Å²) >= 11 is 1.94. The number of nitrogens with zero attached hydrogens (tertiary/aromatic N) is 1. The Morgan fingerprint density at radius 2 is 1.94 bits per heavy atom. The Kier molecular flexibility index (Phi) is 3.79. The largest absolute Gasteiger partial charge is 0.308 e. The fraction of sp³-hybridized carbons (Fsp3) is 0.154. The van der Waals surface area contributed by atoms with Crippen LogP contribution in [-0.2, 0) is 6.54 Å². The average molecular weight is 361 g/mol. The number of aromatic nitrogens is 1. The summed E-state index contributed by atoms with van der Waals surface area (Å²) in [4.78, 5) is 11.9. The summed E-state index contributed by atoms with van der Waals surface area (Å²) in [6.07, 6.45) is 0. The van der Waals surface area contributed by atoms with Crippen LogP contribution >= 0.6 is 22.6 Å². The molecule has 0 aliphatic heterocycles. The van der Waals surface area contributed by atoms with Crippen LogP contribution in [0.4, 0.5) is 8.78 Å². The van der Waals surface area contributed by atoms with Crippen molar-refractivity contribution in [3.05, 3.63) is 55.9 Å². The van der Waals surface area contributed by atoms with Gasteiger partial charge in [0, 0.05) is 18.2 Å². The first-order valence-corrected chi connectivity index (χ1v) is 6.47. The Labute approximate surface area is 116 Å². The Balaban J connectivity index is 2.71. The van der Waals surface area contributed by atoms with Gasteiger partial charge in [-0.2, -0.15) is 0 Å². The fourth-order valence-electron chi connectivity index (χ4n) is 1.80. The van der Waals surface area contributed by atoms with Crippen LogP contribution in [0.5, 0.6) is 0 Å². The van der Waals surface area contributed by atoms with Gasteiger partial charge in [0.05, 0.1) is 9.26 Å². The maximum Gasteiger partial charge on any atom is 0.264 e. The summed E-state index contributed by atoms with van der Waals surface area (Å²) in [5.74, 6) is -1.30. The molecule has 0 unspecified atom stereocenters. The van der Waals surface area contributed by atoms with E-state index >= 15 is 0 Å². The van der Waals surface area contributed by atoms with Gasteiger partial charge in [0.1, 0.15) is 11.6 Å². The van der Waals surface area contributed by atoms with Crippen LogP contribution in [0.15, 0.2) is 35.1 Å². The second kappa shape index (κ2) is 5.17. The van der Waals surface area contributed by atoms with Crippen LogP contribution in [0.3, 0.4) is 0 Å². The minimum atomic E-state index is -0.669. The van der Waals surface area contributed by atoms with Crippen LogP contribution in [0, 0.1) is 15.2 Å². The predicted octanol–water partition coefficient (Wildman–Crippen LogP) is 3.42. The molecule has 5 heteroatoms. The summed E-state index contributed by atoms with van der Waals surface area (Å²) in [6, 6.07) is 6.65. The van der Waals surface area contributed by atoms with Crippen molar-refractivity contribution >= 4 is 22.6 Å². The zero-order valence-corrected chi connectivity index (χ0v) is 11.7. The third-order valence-electron chi connectivity index (χ3n) is 2.65. The molecule has 0 amide bonds. The summed E-state index contributed by atoms with van der Waals surface area (Å²) in [5, 5.41) is 0. The standard InChI is InChI=1S/C13H10F2INO/c1-2-17-12(6-5-11(16)13(17)18)9-4-3-8(14)7-10(9)15/h3-7H,2H2,1H3. The van der Waals surface area contributed by atoms with E-state index in [1.165, 1.54) is 16.7 Å². The minimum absolute atomic E-state index is 0.167. The highest BCUT2D eigenvalue weighted by atomic mass is 127. The third kappa shape index (κ3) is 2.31. The maximum atomic E-state index is 13.7. The molecule has 2 aromatic rings. The molecule has 0 N–H and O–H groups in total. The molecular formula is C13H10F2INO. The topological polar surface area (TPSA) is 22.0 Å². The number of pyridine rings is 1. The van der Waals surface area contributed by atoms with Gasteiger partial charge in [-0.25, -0.2) is 8.78 Å². The van der Waals surface area contributed by atoms with Crippen molar-refractivity contribution < 1.29 is 8.78 Å². The highest BCUT2D eigenvalue weighted by Gasteiger charge is 2.12. The van der Waals surface area contributed by atoms with Crippen molar-refractivity contribution in [2.24, 2.45) is 0 Å². The van der Waals surface area contributed by atoms with Gasteiger partial charge in [0.25, 0.3) is 5.56 Å². The molecule has 0 atom stereocenters. The first kappa shape index (κ1) is 13.2. The molecule has 1 heterocycles. The van der Waals surface area contributed by atoms with E-state index in [0.29, 0.717) is 15.8 Å². The third-order valence-corrected chi connectivity index (χ3v) is 3.47. The second-order valence-corrected chi connectivity index (χ2v) is 4.90. The summed E-state index contributed by atoms with van der Waals surface area (Å²) < 4.78 is 28.6. The van der Waals surface area contributed by atoms with E-state index in [1.54, 1.807) is 12.1 Å². The smallest absolute Gasteiger partial charge is 0.264 e. The molecular weight excluding hydrogens is 351 g/mol. The van der Waals surface area contributed by atoms with Crippen molar-refractivity contribution in [1.82, 2.24) is 4.57 Å². The molecule has 0 spiro atoms. The zero-order valence-electron chi connectivity index (χ0n) is 9.58. The molecule has 0 fully saturated rings. The maximum absolute atomic E-state index is 13.7. The summed E-state index contributed by atoms with van der Waals surface area (Å²) in [7, 11) is 0. The van der Waals surface area contributed by atoms with E-state index in [0.717, 1.165) is 6.07 Å². The van der Waals surface area contributed by atoms with Crippen molar-refractivity contribution in [3.63, 3.8) is 0 Å². The lowest BCUT2D eigenvalue weighted by Gasteiger charge is -2.12. The SMILES string of the molecule is CCn1c(-c2ccc(F)cc2F)ccc(I)c1=O. The van der Waals surface area contributed by atoms with Gasteiger partial charge in [0.2, 0.25) is 0 Å². The molecule has 1 aromatic carbocycles. The van der Waals surface area contributed by atoms with E-state index in [1.807, 2.05) is 29.5 Å². The molecule has 0 aliphatic carbocycles. The van der Waals surface area contributed by atoms with Crippen molar-refractivity contribution in [2.45, 2.75) is 13.5 Å². The lowest BCUT2D eigenvalue weighted by atomic mass is 10.1. The molecule has 0 radical (unpaired) electrons. The molecule has 2 rings (SSSR count). The number of rotatable bonds is 2. The van der Waals surface area contributed by atoms with Crippen LogP contribution in [0.25, 0.3) is 11.3 Å². The molecule has 0 aliphatic rings. The van der Waals surface area contributed by atoms with Gasteiger partial charge in [0.15, 0.2) is 0 Å². The lowest BCUT2D eigenvalue weighted by molar-refractivity contribution is 0.583. The van der Waals surface area contributed by atoms with Gasteiger partial charge < -0.3 is 4.57 Å². The van der Waals surface area contributed by atoms with Crippen molar-refractivity contribution in [3.8, 4) is 11.3 Å². The first-order valence-electron chi connectivity index (χ1n) is 5.39. The Morgan fingerprint density at radius 3 is 2.56 bits per heavy atom. The number of hydrogen-bond acceptors (Lipinski definition) is 1. The Bertz CT molecular complexity index is 652. The predicted molar refractivity (Wildman–Crippen MR) is 74.4 cm³/mol. The van der Waals surface area contributed by atoms with Gasteiger partial charge in [-0.1, -0.05) is 0 Å². The van der Waals surface area contributed by atoms with Crippen LogP contribution in [-0.4, -0.2) is 4.57 Å². The molecule has 0 saturated carbocycles. The molecule has 0 saturated heterocycles. The summed E-state index contributed by atoms with van der Waals surface area (Å²) in [5.41, 5.74) is 0.520. The molecule has 2 nitrogen and oxygen atoms in total. The van der Waals surface area contributed by atoms with Crippen LogP contribution in [0.2, 0.25) is 0 Å². The van der Waals surface area contributed by atoms with Crippen molar-refractivity contribution in [1.29, 1.82) is 0 Å². The number of halogens is 3. The van der Waals surface area contributed by atoms with Crippen LogP contribution < -0.4 is 5.56 Å². The Morgan fingerprint density at radius 1 is 1.22 bits per heavy atom. The number of hydrogen-bond donors (Lipinski definition) is 0. The first-order chi connectivity index (χ1) is 8.54. The zero-order chi connectivity index (χ0) is 13.3. The van der Waals surface area contributed by atoms with Gasteiger partial charge in [-0.3, -0.25) is 4.79 Å². The fourth-order valence-corrected chi connectivity index (χ4v) is 2.27. The molecule has 18 heavy (non-hydrogen) atoms. The van der Waals surface area contributed by atoms with Gasteiger partial charge in [-0.15, -0.1) is 0 Å². The minimum Gasteiger partial charge on any atom is -0.308 e. The highest BCUT2D eigenvalue weighted by molar-refractivity contribution is 14.1. The lowest BCUT2D eigenvalue weighted by Crippen LogP contribution is -2.23. The molecule has 1 aromatic heterocycles. The van der Waals surface area contributed by atoms with E-state index in [9.17, 15) is 13.6 Å². The highest BCUT2D eigenvalue weighted by Crippen LogP contribution is 2.23. The normalized spacial score (nSPS) is 10.7. The number of benzene rings is 1. The quantitative estimate of drug-likeness (QED) is 0.752. The summed E-state index contributed by atoms with van der Waals surface area (Å²) in [6.45, 7) is 2.24. The Hall–Kier alpha value is -1.24. The molecule has 0 bridgehead atoms. The average Bonchev–Trinajstić information content (AvgIpc) is 2.33. The van der Waals surface area contributed by atoms with Crippen molar-refractivity contribution in [2.75, 3.05) is 0 Å². The van der Waals surface area contributed by atoms with E-state index in [4.69, 9.17) is 0 Å². The second-order valence-electron chi connectivity index (χ2n) is 3.74. The molecule has 94 valence electrons. The van der Waals surface area contributed by atoms with E-state index < -0.39 is 11.6 Å². The van der Waals surface area contributed by atoms with Gasteiger partial charge in [-0.05, 0) is 53.8 Å². The van der Waals surface area contributed by atoms with E-state index in [2.05, 4.69) is 0 Å². The van der Waals surface area contributed by atoms with Gasteiger partial charge >= 0.3 is 0 Å². The monoisotopic (exact) mass is 361 g/mol. The van der Waals surface area contributed by atoms with E-state index in [-0.39, 0.29) is 11.1 Å².